The fourth-order valence-corrected chi connectivity index (χ4v) is 2.39. The lowest BCUT2D eigenvalue weighted by atomic mass is 10.2. The molecule has 0 radical (unpaired) electrons. The van der Waals surface area contributed by atoms with Crippen molar-refractivity contribution in [1.29, 1.82) is 0 Å². The second-order valence-corrected chi connectivity index (χ2v) is 3.91. The highest BCUT2D eigenvalue weighted by molar-refractivity contribution is 8.08. The lowest BCUT2D eigenvalue weighted by molar-refractivity contribution is -0.0313. The number of allylic oxidation sites excluding steroid dienone is 1. The average Bonchev–Trinajstić information content (AvgIpc) is 2.49. The second kappa shape index (κ2) is 3.44. The van der Waals surface area contributed by atoms with Crippen LogP contribution in [0.25, 0.3) is 4.91 Å². The van der Waals surface area contributed by atoms with Crippen LogP contribution >= 0.6 is 11.8 Å². The Morgan fingerprint density at radius 1 is 1.31 bits per heavy atom. The molecule has 1 heterocycles. The summed E-state index contributed by atoms with van der Waals surface area (Å²) in [5.41, 5.74) is 2.12. The molecule has 1 aromatic rings. The number of hydrogen-bond donors (Lipinski definition) is 1. The SMILES string of the molecule is CC1=C(c2ccccc2)SCN1O. The predicted molar refractivity (Wildman–Crippen MR) is 55.1 cm³/mol. The maximum Gasteiger partial charge on any atom is 0.0951 e. The van der Waals surface area contributed by atoms with E-state index in [1.807, 2.05) is 25.1 Å². The van der Waals surface area contributed by atoms with E-state index in [1.54, 1.807) is 11.8 Å². The smallest absolute Gasteiger partial charge is 0.0951 e. The summed E-state index contributed by atoms with van der Waals surface area (Å²) in [5, 5.41) is 10.7. The summed E-state index contributed by atoms with van der Waals surface area (Å²) >= 11 is 1.67. The zero-order valence-electron chi connectivity index (χ0n) is 7.40. The molecule has 1 aromatic carbocycles. The number of rotatable bonds is 1. The molecule has 68 valence electrons. The molecule has 2 rings (SSSR count). The third-order valence-electron chi connectivity index (χ3n) is 2.08. The summed E-state index contributed by atoms with van der Waals surface area (Å²) < 4.78 is 0. The summed E-state index contributed by atoms with van der Waals surface area (Å²) in [6, 6.07) is 10.1. The average molecular weight is 193 g/mol. The van der Waals surface area contributed by atoms with Crippen LogP contribution in [-0.4, -0.2) is 16.1 Å². The van der Waals surface area contributed by atoms with E-state index in [-0.39, 0.29) is 0 Å². The zero-order chi connectivity index (χ0) is 9.26. The molecule has 0 unspecified atom stereocenters. The molecule has 0 aromatic heterocycles. The van der Waals surface area contributed by atoms with Crippen LogP contribution < -0.4 is 0 Å². The number of thioether (sulfide) groups is 1. The van der Waals surface area contributed by atoms with Crippen molar-refractivity contribution in [3.05, 3.63) is 41.6 Å². The van der Waals surface area contributed by atoms with Gasteiger partial charge in [0, 0.05) is 4.91 Å². The van der Waals surface area contributed by atoms with Gasteiger partial charge in [-0.15, -0.1) is 0 Å². The van der Waals surface area contributed by atoms with Gasteiger partial charge < -0.3 is 0 Å². The Morgan fingerprint density at radius 3 is 2.54 bits per heavy atom. The highest BCUT2D eigenvalue weighted by atomic mass is 32.2. The summed E-state index contributed by atoms with van der Waals surface area (Å²) in [4.78, 5) is 1.17. The van der Waals surface area contributed by atoms with Crippen molar-refractivity contribution in [3.63, 3.8) is 0 Å². The first-order valence-electron chi connectivity index (χ1n) is 4.14. The predicted octanol–water partition coefficient (Wildman–Crippen LogP) is 2.77. The third kappa shape index (κ3) is 1.57. The van der Waals surface area contributed by atoms with Gasteiger partial charge in [0.25, 0.3) is 0 Å². The Labute approximate surface area is 81.8 Å². The molecule has 1 aliphatic heterocycles. The van der Waals surface area contributed by atoms with E-state index in [9.17, 15) is 5.21 Å². The highest BCUT2D eigenvalue weighted by Crippen LogP contribution is 2.37. The normalized spacial score (nSPS) is 16.9. The molecule has 0 spiro atoms. The Bertz CT molecular complexity index is 334. The van der Waals surface area contributed by atoms with Crippen molar-refractivity contribution >= 4 is 16.7 Å². The zero-order valence-corrected chi connectivity index (χ0v) is 8.21. The second-order valence-electron chi connectivity index (χ2n) is 2.95. The van der Waals surface area contributed by atoms with Crippen LogP contribution in [0.15, 0.2) is 36.0 Å². The Balaban J connectivity index is 2.38. The van der Waals surface area contributed by atoms with E-state index >= 15 is 0 Å². The first-order chi connectivity index (χ1) is 6.29. The van der Waals surface area contributed by atoms with Crippen LogP contribution in [0.3, 0.4) is 0 Å². The van der Waals surface area contributed by atoms with Gasteiger partial charge in [-0.25, -0.2) is 5.06 Å². The van der Waals surface area contributed by atoms with Crippen LogP contribution in [-0.2, 0) is 0 Å². The molecule has 13 heavy (non-hydrogen) atoms. The van der Waals surface area contributed by atoms with Gasteiger partial charge in [-0.1, -0.05) is 42.1 Å². The maximum absolute atomic E-state index is 9.38. The molecule has 1 N–H and O–H groups in total. The van der Waals surface area contributed by atoms with Gasteiger partial charge in [0.05, 0.1) is 11.6 Å². The molecule has 3 heteroatoms. The molecule has 0 atom stereocenters. The lowest BCUT2D eigenvalue weighted by Gasteiger charge is -2.07. The molecule has 1 aliphatic rings. The van der Waals surface area contributed by atoms with E-state index < -0.39 is 0 Å². The topological polar surface area (TPSA) is 23.5 Å². The quantitative estimate of drug-likeness (QED) is 0.741. The van der Waals surface area contributed by atoms with Gasteiger partial charge in [-0.05, 0) is 12.5 Å². The molecule has 0 saturated heterocycles. The van der Waals surface area contributed by atoms with Gasteiger partial charge in [-0.2, -0.15) is 0 Å². The Kier molecular flexibility index (Phi) is 2.29. The molecule has 0 fully saturated rings. The van der Waals surface area contributed by atoms with Gasteiger partial charge in [-0.3, -0.25) is 5.21 Å². The van der Waals surface area contributed by atoms with Crippen LogP contribution in [0, 0.1) is 0 Å². The fourth-order valence-electron chi connectivity index (χ4n) is 1.33. The Morgan fingerprint density at radius 2 is 2.00 bits per heavy atom. The monoisotopic (exact) mass is 193 g/mol. The van der Waals surface area contributed by atoms with Crippen LogP contribution in [0.5, 0.6) is 0 Å². The number of benzene rings is 1. The van der Waals surface area contributed by atoms with E-state index in [1.165, 1.54) is 15.5 Å². The molecule has 0 aliphatic carbocycles. The van der Waals surface area contributed by atoms with Crippen molar-refractivity contribution in [1.82, 2.24) is 5.06 Å². The summed E-state index contributed by atoms with van der Waals surface area (Å²) in [7, 11) is 0. The van der Waals surface area contributed by atoms with E-state index in [4.69, 9.17) is 0 Å². The van der Waals surface area contributed by atoms with E-state index in [0.717, 1.165) is 5.70 Å². The fraction of sp³-hybridized carbons (Fsp3) is 0.200. The maximum atomic E-state index is 9.38. The first kappa shape index (κ1) is 8.66. The van der Waals surface area contributed by atoms with Gasteiger partial charge >= 0.3 is 0 Å². The molecule has 0 saturated carbocycles. The minimum atomic E-state index is 0.635. The minimum Gasteiger partial charge on any atom is -0.288 e. The number of hydroxylamine groups is 2. The van der Waals surface area contributed by atoms with Crippen molar-refractivity contribution < 1.29 is 5.21 Å². The summed E-state index contributed by atoms with van der Waals surface area (Å²) in [6.45, 7) is 1.93. The van der Waals surface area contributed by atoms with Gasteiger partial charge in [0.15, 0.2) is 0 Å². The van der Waals surface area contributed by atoms with Crippen molar-refractivity contribution in [2.45, 2.75) is 6.92 Å². The molecule has 0 amide bonds. The summed E-state index contributed by atoms with van der Waals surface area (Å²) in [6.07, 6.45) is 0. The first-order valence-corrected chi connectivity index (χ1v) is 5.13. The third-order valence-corrected chi connectivity index (χ3v) is 3.28. The van der Waals surface area contributed by atoms with Crippen LogP contribution in [0.4, 0.5) is 0 Å². The largest absolute Gasteiger partial charge is 0.288 e. The Hall–Kier alpha value is -0.930. The highest BCUT2D eigenvalue weighted by Gasteiger charge is 2.18. The molecule has 2 nitrogen and oxygen atoms in total. The number of hydrogen-bond acceptors (Lipinski definition) is 3. The number of nitrogens with zero attached hydrogens (tertiary/aromatic N) is 1. The van der Waals surface area contributed by atoms with Crippen molar-refractivity contribution in [2.75, 3.05) is 5.88 Å². The van der Waals surface area contributed by atoms with Crippen LogP contribution in [0.1, 0.15) is 12.5 Å². The minimum absolute atomic E-state index is 0.635. The van der Waals surface area contributed by atoms with Crippen molar-refractivity contribution in [3.8, 4) is 0 Å². The van der Waals surface area contributed by atoms with Gasteiger partial charge in [0.1, 0.15) is 0 Å². The molecular weight excluding hydrogens is 182 g/mol. The van der Waals surface area contributed by atoms with Crippen molar-refractivity contribution in [2.24, 2.45) is 0 Å². The van der Waals surface area contributed by atoms with Crippen LogP contribution in [0.2, 0.25) is 0 Å². The van der Waals surface area contributed by atoms with E-state index in [0.29, 0.717) is 5.88 Å². The standard InChI is InChI=1S/C10H11NOS/c1-8-10(13-7-11(8)12)9-5-3-2-4-6-9/h2-6,12H,7H2,1H3. The lowest BCUT2D eigenvalue weighted by Crippen LogP contribution is -2.10. The summed E-state index contributed by atoms with van der Waals surface area (Å²) in [5.74, 6) is 0.635. The molecule has 0 bridgehead atoms. The molecular formula is C10H11NOS. The van der Waals surface area contributed by atoms with E-state index in [2.05, 4.69) is 12.1 Å². The van der Waals surface area contributed by atoms with Gasteiger partial charge in [0.2, 0.25) is 0 Å².